The van der Waals surface area contributed by atoms with Crippen molar-refractivity contribution in [1.29, 1.82) is 0 Å². The molecule has 2 aromatic heterocycles. The largest absolute Gasteiger partial charge is 1.00 e. The standard InChI is InChI=1S/2C34H38FN5O5.2Li/c2*1-33(2,3)45-32(44)39-18-34(19-39)10-13-37(14-11-34)23-8-6-21(7-9-23)22-15-24-25(26(35)16-22)17-40(30(24)41)29(31(42)43)28-27-5-4-12-38(27)20-36-28;;/h2*6-9,15-16,20,29H,4-5,10-14,17-19H2,1-3H3,(H,42,43);;/q;;2*+1/p-2. The van der Waals surface area contributed by atoms with Gasteiger partial charge < -0.3 is 67.8 Å². The van der Waals surface area contributed by atoms with E-state index in [1.54, 1.807) is 34.6 Å². The van der Waals surface area contributed by atoms with Gasteiger partial charge in [-0.2, -0.15) is 0 Å². The number of amides is 4. The summed E-state index contributed by atoms with van der Waals surface area (Å²) < 4.78 is 45.7. The molecular formula is C68H74F2Li2N10O10. The van der Waals surface area contributed by atoms with Crippen molar-refractivity contribution in [2.75, 3.05) is 62.2 Å². The van der Waals surface area contributed by atoms with Crippen LogP contribution in [0.4, 0.5) is 29.7 Å². The fourth-order valence-corrected chi connectivity index (χ4v) is 14.6. The normalized spacial score (nSPS) is 19.0. The molecule has 2 spiro atoms. The smallest absolute Gasteiger partial charge is 0.547 e. The number of carbonyl (C=O) groups excluding carboxylic acids is 6. The molecule has 0 bridgehead atoms. The zero-order valence-electron chi connectivity index (χ0n) is 53.7. The summed E-state index contributed by atoms with van der Waals surface area (Å²) in [5.41, 5.74) is 6.89. The quantitative estimate of drug-likeness (QED) is 0.179. The molecule has 0 aliphatic carbocycles. The van der Waals surface area contributed by atoms with Crippen LogP contribution in [0.15, 0.2) is 85.5 Å². The first-order valence-electron chi connectivity index (χ1n) is 31.3. The van der Waals surface area contributed by atoms with Crippen LogP contribution in [0.1, 0.15) is 147 Å². The Hall–Kier alpha value is -7.63. The van der Waals surface area contributed by atoms with Crippen molar-refractivity contribution >= 4 is 47.3 Å². The summed E-state index contributed by atoms with van der Waals surface area (Å²) >= 11 is 0. The summed E-state index contributed by atoms with van der Waals surface area (Å²) in [6, 6.07) is 19.1. The summed E-state index contributed by atoms with van der Waals surface area (Å²) in [6.07, 6.45) is 9.74. The Bertz CT molecular complexity index is 3620. The number of aliphatic carboxylic acids is 2. The molecule has 0 radical (unpaired) electrons. The van der Waals surface area contributed by atoms with Gasteiger partial charge in [0.2, 0.25) is 0 Å². The van der Waals surface area contributed by atoms with Gasteiger partial charge in [0, 0.05) is 121 Å². The zero-order valence-corrected chi connectivity index (χ0v) is 53.7. The van der Waals surface area contributed by atoms with Gasteiger partial charge in [0.25, 0.3) is 11.8 Å². The van der Waals surface area contributed by atoms with Crippen LogP contribution in [0, 0.1) is 22.5 Å². The third-order valence-electron chi connectivity index (χ3n) is 19.4. The molecule has 4 aromatic carbocycles. The Labute approximate surface area is 557 Å². The maximum absolute atomic E-state index is 15.4. The summed E-state index contributed by atoms with van der Waals surface area (Å²) in [6.45, 7) is 18.8. The van der Waals surface area contributed by atoms with Gasteiger partial charge in [-0.15, -0.1) is 0 Å². The molecule has 4 amide bonds. The van der Waals surface area contributed by atoms with Gasteiger partial charge in [-0.1, -0.05) is 24.3 Å². The number of carboxylic acids is 2. The zero-order chi connectivity index (χ0) is 63.3. The number of hydrogen-bond donors (Lipinski definition) is 0. The van der Waals surface area contributed by atoms with E-state index in [2.05, 4.69) is 19.8 Å². The Morgan fingerprint density at radius 1 is 0.522 bits per heavy atom. The number of likely N-dealkylation sites (tertiary alicyclic amines) is 2. The first-order valence-corrected chi connectivity index (χ1v) is 31.3. The fourth-order valence-electron chi connectivity index (χ4n) is 14.6. The Balaban J connectivity index is 0.000000184. The van der Waals surface area contributed by atoms with E-state index in [1.807, 2.05) is 99.2 Å². The second-order valence-electron chi connectivity index (χ2n) is 27.8. The van der Waals surface area contributed by atoms with Gasteiger partial charge in [0.05, 0.1) is 49.1 Å². The molecule has 24 heteroatoms. The molecule has 4 saturated heterocycles. The molecule has 0 saturated carbocycles. The van der Waals surface area contributed by atoms with Crippen molar-refractivity contribution in [3.05, 3.63) is 142 Å². The third kappa shape index (κ3) is 12.6. The van der Waals surface area contributed by atoms with E-state index in [4.69, 9.17) is 9.47 Å². The van der Waals surface area contributed by atoms with Crippen molar-refractivity contribution in [2.45, 2.75) is 142 Å². The van der Waals surface area contributed by atoms with Crippen LogP contribution < -0.4 is 57.7 Å². The van der Waals surface area contributed by atoms with Crippen LogP contribution in [0.5, 0.6) is 0 Å². The minimum absolute atomic E-state index is 0. The van der Waals surface area contributed by atoms with E-state index in [-0.39, 0.29) is 96.1 Å². The molecule has 2 unspecified atom stereocenters. The van der Waals surface area contributed by atoms with Gasteiger partial charge in [0.1, 0.15) is 34.9 Å². The number of aromatic nitrogens is 4. The molecule has 2 atom stereocenters. The predicted octanol–water partition coefficient (Wildman–Crippen LogP) is 1.85. The molecule has 8 aliphatic heterocycles. The Morgan fingerprint density at radius 3 is 1.20 bits per heavy atom. The van der Waals surface area contributed by atoms with Gasteiger partial charge in [0.15, 0.2) is 0 Å². The number of rotatable bonds is 10. The minimum atomic E-state index is -1.43. The van der Waals surface area contributed by atoms with Crippen LogP contribution in [0.2, 0.25) is 0 Å². The van der Waals surface area contributed by atoms with E-state index < -0.39 is 58.7 Å². The number of aryl methyl sites for hydroxylation is 2. The molecule has 92 heavy (non-hydrogen) atoms. The summed E-state index contributed by atoms with van der Waals surface area (Å²) in [5.74, 6) is -5.03. The first kappa shape index (κ1) is 65.9. The summed E-state index contributed by atoms with van der Waals surface area (Å²) in [5, 5.41) is 24.6. The minimum Gasteiger partial charge on any atom is -0.547 e. The molecular weight excluding hydrogens is 1170 g/mol. The number of carboxylic acid groups (broad SMARTS) is 2. The van der Waals surface area contributed by atoms with Gasteiger partial charge in [-0.05, 0) is 164 Å². The van der Waals surface area contributed by atoms with Gasteiger partial charge >= 0.3 is 49.9 Å². The predicted molar refractivity (Wildman–Crippen MR) is 323 cm³/mol. The number of carbonyl (C=O) groups is 6. The number of piperidine rings is 2. The van der Waals surface area contributed by atoms with Gasteiger partial charge in [-0.25, -0.2) is 28.3 Å². The van der Waals surface area contributed by atoms with Crippen LogP contribution in [-0.4, -0.2) is 138 Å². The molecule has 8 aliphatic rings. The molecule has 10 heterocycles. The van der Waals surface area contributed by atoms with Crippen molar-refractivity contribution in [3.63, 3.8) is 0 Å². The second kappa shape index (κ2) is 25.0. The summed E-state index contributed by atoms with van der Waals surface area (Å²) in [7, 11) is 0. The topological polar surface area (TPSA) is 222 Å². The van der Waals surface area contributed by atoms with E-state index in [0.717, 1.165) is 148 Å². The number of ether oxygens (including phenoxy) is 2. The van der Waals surface area contributed by atoms with Crippen molar-refractivity contribution in [3.8, 4) is 22.3 Å². The molecule has 6 aromatic rings. The number of benzene rings is 4. The van der Waals surface area contributed by atoms with Crippen molar-refractivity contribution < 1.29 is 95.0 Å². The van der Waals surface area contributed by atoms with E-state index in [9.17, 15) is 39.0 Å². The molecule has 14 rings (SSSR count). The SMILES string of the molecule is CC(C)(C)OC(=O)N1CC2(CCN(c3ccc(-c4cc(F)c5c(c4)C(=O)N(C(C(=O)[O-])c4ncn6c4CCC6)C5)cc3)CC2)C1.CC(C)(C)OC(=O)N1CC2(CCN(c3ccc(-c4cc(F)c5c(c4)C(=O)N(C(C(=O)[O-])c4ncn6c4CCC6)C5)cc3)CC2)C1.[Li+].[Li+]. The third-order valence-corrected chi connectivity index (χ3v) is 19.4. The first-order chi connectivity index (χ1) is 42.8. The second-order valence-corrected chi connectivity index (χ2v) is 27.8. The Morgan fingerprint density at radius 2 is 0.870 bits per heavy atom. The number of hydrogen-bond acceptors (Lipinski definition) is 14. The van der Waals surface area contributed by atoms with E-state index >= 15 is 8.78 Å². The van der Waals surface area contributed by atoms with Crippen LogP contribution in [-0.2, 0) is 58.1 Å². The van der Waals surface area contributed by atoms with Crippen LogP contribution >= 0.6 is 0 Å². The molecule has 0 N–H and O–H groups in total. The maximum atomic E-state index is 15.4. The molecule has 4 fully saturated rings. The Kier molecular flexibility index (Phi) is 17.9. The average Bonchev–Trinajstić information content (AvgIpc) is 1.47. The number of imidazole rings is 2. The molecule has 20 nitrogen and oxygen atoms in total. The fraction of sp³-hybridized carbons (Fsp3) is 0.471. The molecule has 472 valence electrons. The number of halogens is 2. The number of anilines is 2. The van der Waals surface area contributed by atoms with Crippen LogP contribution in [0.3, 0.4) is 0 Å². The average molecular weight is 1240 g/mol. The van der Waals surface area contributed by atoms with Crippen molar-refractivity contribution in [2.24, 2.45) is 10.8 Å². The van der Waals surface area contributed by atoms with Crippen LogP contribution in [0.25, 0.3) is 22.3 Å². The van der Waals surface area contributed by atoms with E-state index in [1.165, 1.54) is 12.1 Å². The summed E-state index contributed by atoms with van der Waals surface area (Å²) in [4.78, 5) is 95.6. The maximum Gasteiger partial charge on any atom is 1.00 e. The number of fused-ring (bicyclic) bond motifs is 4. The van der Waals surface area contributed by atoms with Gasteiger partial charge in [-0.3, -0.25) is 9.59 Å². The van der Waals surface area contributed by atoms with E-state index in [0.29, 0.717) is 35.4 Å². The van der Waals surface area contributed by atoms with Crippen molar-refractivity contribution in [1.82, 2.24) is 38.7 Å². The monoisotopic (exact) mass is 1240 g/mol. The number of nitrogens with zero attached hydrogens (tertiary/aromatic N) is 10.